The predicted molar refractivity (Wildman–Crippen MR) is 35.5 cm³/mol. The highest BCUT2D eigenvalue weighted by molar-refractivity contribution is 7.79. The van der Waals surface area contributed by atoms with Gasteiger partial charge in [-0.15, -0.1) is 0 Å². The molecule has 1 fully saturated rings. The van der Waals surface area contributed by atoms with E-state index < -0.39 is 0 Å². The van der Waals surface area contributed by atoms with Crippen molar-refractivity contribution in [3.05, 3.63) is 0 Å². The van der Waals surface area contributed by atoms with E-state index in [0.29, 0.717) is 0 Å². The lowest BCUT2D eigenvalue weighted by Crippen LogP contribution is -2.22. The molecule has 1 saturated carbocycles. The molecule has 2 unspecified atom stereocenters. The third-order valence-electron chi connectivity index (χ3n) is 1.86. The van der Waals surface area contributed by atoms with Gasteiger partial charge in [0.1, 0.15) is 0 Å². The monoisotopic (exact) mass is 114 g/mol. The molecule has 1 rings (SSSR count). The molecule has 0 bridgehead atoms. The SMILES string of the molecule is CC1CCC1C=S. The lowest BCUT2D eigenvalue weighted by atomic mass is 9.76. The van der Waals surface area contributed by atoms with Gasteiger partial charge in [0.25, 0.3) is 0 Å². The smallest absolute Gasteiger partial charge is 0.0103 e. The van der Waals surface area contributed by atoms with Crippen LogP contribution in [-0.2, 0) is 0 Å². The topological polar surface area (TPSA) is 0 Å². The van der Waals surface area contributed by atoms with Gasteiger partial charge < -0.3 is 0 Å². The average molecular weight is 114 g/mol. The van der Waals surface area contributed by atoms with Crippen molar-refractivity contribution in [2.45, 2.75) is 19.8 Å². The Kier molecular flexibility index (Phi) is 1.43. The van der Waals surface area contributed by atoms with E-state index in [9.17, 15) is 0 Å². The van der Waals surface area contributed by atoms with Crippen LogP contribution < -0.4 is 0 Å². The summed E-state index contributed by atoms with van der Waals surface area (Å²) in [7, 11) is 0. The highest BCUT2D eigenvalue weighted by atomic mass is 32.1. The fraction of sp³-hybridized carbons (Fsp3) is 0.833. The summed E-state index contributed by atoms with van der Waals surface area (Å²) in [6.45, 7) is 2.26. The van der Waals surface area contributed by atoms with Crippen LogP contribution in [0, 0.1) is 11.8 Å². The zero-order chi connectivity index (χ0) is 5.28. The molecule has 0 radical (unpaired) electrons. The number of hydrogen-bond acceptors (Lipinski definition) is 1. The molecule has 0 saturated heterocycles. The number of rotatable bonds is 1. The summed E-state index contributed by atoms with van der Waals surface area (Å²) in [4.78, 5) is 0. The molecule has 0 aromatic heterocycles. The maximum atomic E-state index is 4.78. The van der Waals surface area contributed by atoms with Crippen LogP contribution in [0.5, 0.6) is 0 Å². The summed E-state index contributed by atoms with van der Waals surface area (Å²) in [5, 5.41) is 1.91. The van der Waals surface area contributed by atoms with Crippen molar-refractivity contribution in [3.8, 4) is 0 Å². The van der Waals surface area contributed by atoms with Crippen LogP contribution in [0.3, 0.4) is 0 Å². The summed E-state index contributed by atoms with van der Waals surface area (Å²) in [5.41, 5.74) is 0. The first-order valence-corrected chi connectivity index (χ1v) is 3.27. The zero-order valence-corrected chi connectivity index (χ0v) is 5.37. The molecule has 0 aromatic carbocycles. The Labute approximate surface area is 49.9 Å². The Balaban J connectivity index is 2.28. The molecule has 1 aliphatic rings. The van der Waals surface area contributed by atoms with Crippen molar-refractivity contribution in [1.29, 1.82) is 0 Å². The average Bonchev–Trinajstić information content (AvgIpc) is 1.65. The van der Waals surface area contributed by atoms with E-state index in [2.05, 4.69) is 6.92 Å². The highest BCUT2D eigenvalue weighted by Gasteiger charge is 2.23. The van der Waals surface area contributed by atoms with E-state index in [0.717, 1.165) is 11.8 Å². The van der Waals surface area contributed by atoms with E-state index in [1.807, 2.05) is 5.37 Å². The van der Waals surface area contributed by atoms with Crippen molar-refractivity contribution >= 4 is 17.6 Å². The molecule has 7 heavy (non-hydrogen) atoms. The second-order valence-electron chi connectivity index (χ2n) is 2.35. The van der Waals surface area contributed by atoms with Gasteiger partial charge in [0.05, 0.1) is 0 Å². The molecular formula is C6H10S. The van der Waals surface area contributed by atoms with Crippen molar-refractivity contribution in [3.63, 3.8) is 0 Å². The fourth-order valence-electron chi connectivity index (χ4n) is 0.895. The number of hydrogen-bond donors (Lipinski definition) is 0. The van der Waals surface area contributed by atoms with Crippen molar-refractivity contribution in [1.82, 2.24) is 0 Å². The summed E-state index contributed by atoms with van der Waals surface area (Å²) in [5.74, 6) is 1.66. The van der Waals surface area contributed by atoms with Gasteiger partial charge in [-0.2, -0.15) is 0 Å². The zero-order valence-electron chi connectivity index (χ0n) is 4.55. The van der Waals surface area contributed by atoms with Crippen LogP contribution in [0.4, 0.5) is 0 Å². The van der Waals surface area contributed by atoms with E-state index in [4.69, 9.17) is 12.2 Å². The Morgan fingerprint density at radius 3 is 2.29 bits per heavy atom. The van der Waals surface area contributed by atoms with Crippen LogP contribution in [0.15, 0.2) is 0 Å². The lowest BCUT2D eigenvalue weighted by Gasteiger charge is -2.29. The molecule has 40 valence electrons. The molecule has 1 heteroatoms. The normalized spacial score (nSPS) is 39.6. The van der Waals surface area contributed by atoms with Crippen molar-refractivity contribution in [2.24, 2.45) is 11.8 Å². The molecule has 2 atom stereocenters. The van der Waals surface area contributed by atoms with Crippen LogP contribution in [-0.4, -0.2) is 5.37 Å². The maximum absolute atomic E-state index is 4.78. The van der Waals surface area contributed by atoms with E-state index in [-0.39, 0.29) is 0 Å². The second-order valence-corrected chi connectivity index (χ2v) is 2.63. The summed E-state index contributed by atoms with van der Waals surface area (Å²) in [6, 6.07) is 0. The van der Waals surface area contributed by atoms with E-state index in [1.54, 1.807) is 0 Å². The minimum Gasteiger partial charge on any atom is -0.0932 e. The minimum atomic E-state index is 0.773. The van der Waals surface area contributed by atoms with Crippen LogP contribution >= 0.6 is 12.2 Å². The largest absolute Gasteiger partial charge is 0.0932 e. The highest BCUT2D eigenvalue weighted by Crippen LogP contribution is 2.31. The molecule has 0 spiro atoms. The van der Waals surface area contributed by atoms with Gasteiger partial charge in [-0.25, -0.2) is 0 Å². The first kappa shape index (κ1) is 5.23. The second kappa shape index (κ2) is 1.91. The van der Waals surface area contributed by atoms with E-state index in [1.165, 1.54) is 12.8 Å². The van der Waals surface area contributed by atoms with Crippen LogP contribution in [0.25, 0.3) is 0 Å². The van der Waals surface area contributed by atoms with Crippen LogP contribution in [0.2, 0.25) is 0 Å². The summed E-state index contributed by atoms with van der Waals surface area (Å²) in [6.07, 6.45) is 2.72. The van der Waals surface area contributed by atoms with Gasteiger partial charge in [-0.1, -0.05) is 19.1 Å². The molecule has 0 N–H and O–H groups in total. The lowest BCUT2D eigenvalue weighted by molar-refractivity contribution is 0.280. The third kappa shape index (κ3) is 0.828. The van der Waals surface area contributed by atoms with E-state index >= 15 is 0 Å². The standard InChI is InChI=1S/C6H10S/c1-5-2-3-6(5)4-7/h4-6H,2-3H2,1H3. The maximum Gasteiger partial charge on any atom is -0.0103 e. The van der Waals surface area contributed by atoms with Gasteiger partial charge in [-0.05, 0) is 30.0 Å². The molecule has 1 aliphatic carbocycles. The Bertz CT molecular complexity index is 78.2. The van der Waals surface area contributed by atoms with Gasteiger partial charge in [0, 0.05) is 0 Å². The summed E-state index contributed by atoms with van der Waals surface area (Å²) < 4.78 is 0. The molecule has 0 amide bonds. The number of thiocarbonyl (C=S) groups is 1. The van der Waals surface area contributed by atoms with Crippen molar-refractivity contribution < 1.29 is 0 Å². The first-order valence-electron chi connectivity index (χ1n) is 2.80. The molecular weight excluding hydrogens is 104 g/mol. The fourth-order valence-corrected chi connectivity index (χ4v) is 1.30. The Morgan fingerprint density at radius 1 is 1.57 bits per heavy atom. The van der Waals surface area contributed by atoms with Gasteiger partial charge >= 0.3 is 0 Å². The first-order chi connectivity index (χ1) is 3.34. The van der Waals surface area contributed by atoms with Gasteiger partial charge in [-0.3, -0.25) is 0 Å². The third-order valence-corrected chi connectivity index (χ3v) is 2.21. The van der Waals surface area contributed by atoms with Crippen LogP contribution in [0.1, 0.15) is 19.8 Å². The molecule has 0 heterocycles. The summed E-state index contributed by atoms with van der Waals surface area (Å²) >= 11 is 4.78. The van der Waals surface area contributed by atoms with Gasteiger partial charge in [0.2, 0.25) is 0 Å². The predicted octanol–water partition coefficient (Wildman–Crippen LogP) is 2.03. The Hall–Kier alpha value is 0.0900. The minimum absolute atomic E-state index is 0.773. The van der Waals surface area contributed by atoms with Crippen molar-refractivity contribution in [2.75, 3.05) is 0 Å². The molecule has 0 aromatic rings. The van der Waals surface area contributed by atoms with Gasteiger partial charge in [0.15, 0.2) is 0 Å². The quantitative estimate of drug-likeness (QED) is 0.470. The molecule has 0 nitrogen and oxygen atoms in total. The molecule has 0 aliphatic heterocycles. The Morgan fingerprint density at radius 2 is 2.29 bits per heavy atom.